The Balaban J connectivity index is 1.07. The minimum atomic E-state index is -0.217. The predicted molar refractivity (Wildman–Crippen MR) is 176 cm³/mol. The molecule has 0 unspecified atom stereocenters. The van der Waals surface area contributed by atoms with Crippen molar-refractivity contribution < 1.29 is 23.9 Å². The van der Waals surface area contributed by atoms with Gasteiger partial charge in [-0.1, -0.05) is 24.6 Å². The van der Waals surface area contributed by atoms with E-state index < -0.39 is 0 Å². The summed E-state index contributed by atoms with van der Waals surface area (Å²) in [6, 6.07) is 18.3. The van der Waals surface area contributed by atoms with Crippen LogP contribution in [0.25, 0.3) is 0 Å². The molecule has 0 radical (unpaired) electrons. The standard InChI is InChI=1S/C36H41N5O5/c1-23(41(30-13-14-30)36(45)27-11-15-31-32(20-27)46-22-33(42)39-31)24-6-8-25(9-7-24)35(44)38-29-12-10-28-21-40(18-16-26(28)19-29)34(43)5-3-2-4-17-37/h6-12,15,19-20,23,30H,2-5,13-14,16-18,21-22,37H2,1H3,(H,38,44)(H,39,42)/t23-/m1/s1. The summed E-state index contributed by atoms with van der Waals surface area (Å²) in [5, 5.41) is 5.78. The Morgan fingerprint density at radius 1 is 1.00 bits per heavy atom. The van der Waals surface area contributed by atoms with Gasteiger partial charge in [-0.05, 0) is 105 Å². The van der Waals surface area contributed by atoms with E-state index in [0.29, 0.717) is 48.6 Å². The van der Waals surface area contributed by atoms with E-state index in [9.17, 15) is 19.2 Å². The molecule has 4 N–H and O–H groups in total. The van der Waals surface area contributed by atoms with E-state index in [2.05, 4.69) is 10.6 Å². The zero-order valence-electron chi connectivity index (χ0n) is 26.2. The van der Waals surface area contributed by atoms with E-state index in [4.69, 9.17) is 10.5 Å². The number of amides is 4. The van der Waals surface area contributed by atoms with Crippen LogP contribution in [0, 0.1) is 0 Å². The molecule has 1 aliphatic carbocycles. The quantitative estimate of drug-likeness (QED) is 0.256. The van der Waals surface area contributed by atoms with Gasteiger partial charge in [0.2, 0.25) is 5.91 Å². The lowest BCUT2D eigenvalue weighted by atomic mass is 9.98. The zero-order valence-corrected chi connectivity index (χ0v) is 26.2. The average Bonchev–Trinajstić information content (AvgIpc) is 3.91. The lowest BCUT2D eigenvalue weighted by molar-refractivity contribution is -0.132. The summed E-state index contributed by atoms with van der Waals surface area (Å²) < 4.78 is 5.53. The monoisotopic (exact) mass is 623 g/mol. The van der Waals surface area contributed by atoms with Crippen molar-refractivity contribution in [2.45, 2.75) is 70.5 Å². The number of nitrogens with two attached hydrogens (primary N) is 1. The first-order chi connectivity index (χ1) is 22.3. The molecule has 0 spiro atoms. The Hall–Kier alpha value is -4.70. The first-order valence-electron chi connectivity index (χ1n) is 16.2. The number of nitrogens with one attached hydrogen (secondary N) is 2. The highest BCUT2D eigenvalue weighted by Crippen LogP contribution is 2.37. The van der Waals surface area contributed by atoms with Crippen LogP contribution in [0.15, 0.2) is 60.7 Å². The van der Waals surface area contributed by atoms with Crippen LogP contribution in [0.1, 0.15) is 88.9 Å². The maximum absolute atomic E-state index is 13.7. The van der Waals surface area contributed by atoms with Crippen molar-refractivity contribution in [3.8, 4) is 5.75 Å². The molecule has 3 aromatic rings. The number of fused-ring (bicyclic) bond motifs is 2. The minimum Gasteiger partial charge on any atom is -0.482 e. The number of carbonyl (C=O) groups is 4. The van der Waals surface area contributed by atoms with Gasteiger partial charge in [-0.25, -0.2) is 0 Å². The number of carbonyl (C=O) groups excluding carboxylic acids is 4. The van der Waals surface area contributed by atoms with Crippen LogP contribution in [-0.2, 0) is 22.6 Å². The molecule has 1 fully saturated rings. The Morgan fingerprint density at radius 3 is 2.54 bits per heavy atom. The summed E-state index contributed by atoms with van der Waals surface area (Å²) in [4.78, 5) is 54.9. The summed E-state index contributed by atoms with van der Waals surface area (Å²) in [7, 11) is 0. The van der Waals surface area contributed by atoms with Crippen LogP contribution in [0.3, 0.4) is 0 Å². The van der Waals surface area contributed by atoms with Gasteiger partial charge in [-0.3, -0.25) is 19.2 Å². The number of hydrogen-bond acceptors (Lipinski definition) is 6. The third kappa shape index (κ3) is 7.07. The van der Waals surface area contributed by atoms with Crippen LogP contribution < -0.4 is 21.1 Å². The molecular weight excluding hydrogens is 582 g/mol. The Bertz CT molecular complexity index is 1630. The summed E-state index contributed by atoms with van der Waals surface area (Å²) in [6.45, 7) is 3.87. The lowest BCUT2D eigenvalue weighted by Gasteiger charge is -2.30. The van der Waals surface area contributed by atoms with Crippen LogP contribution in [-0.4, -0.2) is 59.2 Å². The number of nitrogens with zero attached hydrogens (tertiary/aromatic N) is 2. The maximum Gasteiger partial charge on any atom is 0.262 e. The van der Waals surface area contributed by atoms with E-state index in [-0.39, 0.29) is 42.3 Å². The third-order valence-corrected chi connectivity index (χ3v) is 9.03. The Morgan fingerprint density at radius 2 is 1.78 bits per heavy atom. The molecule has 3 aliphatic rings. The molecule has 1 atom stereocenters. The van der Waals surface area contributed by atoms with Crippen LogP contribution in [0.5, 0.6) is 5.75 Å². The molecule has 2 heterocycles. The van der Waals surface area contributed by atoms with Crippen LogP contribution in [0.4, 0.5) is 11.4 Å². The average molecular weight is 624 g/mol. The van der Waals surface area contributed by atoms with Gasteiger partial charge in [-0.15, -0.1) is 0 Å². The van der Waals surface area contributed by atoms with Gasteiger partial charge >= 0.3 is 0 Å². The number of anilines is 2. The summed E-state index contributed by atoms with van der Waals surface area (Å²) in [6.07, 6.45) is 6.00. The molecule has 0 bridgehead atoms. The van der Waals surface area contributed by atoms with Gasteiger partial charge in [0.05, 0.1) is 11.7 Å². The highest BCUT2D eigenvalue weighted by Gasteiger charge is 2.37. The fraction of sp³-hybridized carbons (Fsp3) is 0.389. The van der Waals surface area contributed by atoms with Crippen molar-refractivity contribution in [1.29, 1.82) is 0 Å². The normalized spacial score (nSPS) is 16.0. The second-order valence-electron chi connectivity index (χ2n) is 12.4. The summed E-state index contributed by atoms with van der Waals surface area (Å²) in [5.74, 6) is 0.158. The predicted octanol–water partition coefficient (Wildman–Crippen LogP) is 5.04. The summed E-state index contributed by atoms with van der Waals surface area (Å²) >= 11 is 0. The minimum absolute atomic E-state index is 0.0722. The van der Waals surface area contributed by atoms with Crippen molar-refractivity contribution in [2.75, 3.05) is 30.3 Å². The van der Waals surface area contributed by atoms with Gasteiger partial charge in [0.1, 0.15) is 5.75 Å². The number of ether oxygens (including phenoxy) is 1. The fourth-order valence-electron chi connectivity index (χ4n) is 6.24. The van der Waals surface area contributed by atoms with Crippen LogP contribution in [0.2, 0.25) is 0 Å². The zero-order chi connectivity index (χ0) is 32.2. The Labute approximate surface area is 269 Å². The number of rotatable bonds is 11. The molecule has 46 heavy (non-hydrogen) atoms. The van der Waals surface area contributed by atoms with E-state index >= 15 is 0 Å². The van der Waals surface area contributed by atoms with Gasteiger partial charge in [0, 0.05) is 42.4 Å². The smallest absolute Gasteiger partial charge is 0.262 e. The molecule has 0 aromatic heterocycles. The fourth-order valence-corrected chi connectivity index (χ4v) is 6.24. The van der Waals surface area contributed by atoms with Crippen molar-refractivity contribution in [3.63, 3.8) is 0 Å². The van der Waals surface area contributed by atoms with Gasteiger partial charge in [0.15, 0.2) is 6.61 Å². The highest BCUT2D eigenvalue weighted by atomic mass is 16.5. The van der Waals surface area contributed by atoms with Crippen molar-refractivity contribution in [1.82, 2.24) is 9.80 Å². The largest absolute Gasteiger partial charge is 0.482 e. The molecule has 10 nitrogen and oxygen atoms in total. The topological polar surface area (TPSA) is 134 Å². The second kappa shape index (κ2) is 13.7. The number of unbranched alkanes of at least 4 members (excludes halogenated alkanes) is 2. The van der Waals surface area contributed by atoms with E-state index in [1.54, 1.807) is 30.3 Å². The number of hydrogen-bond donors (Lipinski definition) is 3. The highest BCUT2D eigenvalue weighted by molar-refractivity contribution is 6.04. The molecule has 10 heteroatoms. The molecule has 240 valence electrons. The third-order valence-electron chi connectivity index (χ3n) is 9.03. The second-order valence-corrected chi connectivity index (χ2v) is 12.4. The van der Waals surface area contributed by atoms with E-state index in [1.807, 2.05) is 47.1 Å². The van der Waals surface area contributed by atoms with Gasteiger partial charge in [0.25, 0.3) is 17.7 Å². The summed E-state index contributed by atoms with van der Waals surface area (Å²) in [5.41, 5.74) is 11.1. The van der Waals surface area contributed by atoms with E-state index in [0.717, 1.165) is 60.9 Å². The molecule has 3 aromatic carbocycles. The molecule has 6 rings (SSSR count). The maximum atomic E-state index is 13.7. The molecule has 2 aliphatic heterocycles. The Kier molecular flexibility index (Phi) is 9.35. The van der Waals surface area contributed by atoms with Gasteiger partial charge < -0.3 is 30.9 Å². The molecular formula is C36H41N5O5. The molecule has 0 saturated heterocycles. The van der Waals surface area contributed by atoms with Crippen molar-refractivity contribution >= 4 is 35.0 Å². The van der Waals surface area contributed by atoms with E-state index in [1.165, 1.54) is 0 Å². The molecule has 4 amide bonds. The van der Waals surface area contributed by atoms with Crippen LogP contribution >= 0.6 is 0 Å². The first kappa shape index (κ1) is 31.3. The SMILES string of the molecule is C[C@H](c1ccc(C(=O)Nc2ccc3c(c2)CCN(C(=O)CCCCCN)C3)cc1)N(C(=O)c1ccc2c(c1)OCC(=O)N2)C1CC1. The first-order valence-corrected chi connectivity index (χ1v) is 16.2. The van der Waals surface area contributed by atoms with Gasteiger partial charge in [-0.2, -0.15) is 0 Å². The lowest BCUT2D eigenvalue weighted by Crippen LogP contribution is -2.36. The molecule has 1 saturated carbocycles. The van der Waals surface area contributed by atoms with Crippen molar-refractivity contribution in [3.05, 3.63) is 88.5 Å². The number of benzene rings is 3. The van der Waals surface area contributed by atoms with Crippen molar-refractivity contribution in [2.24, 2.45) is 5.73 Å².